The summed E-state index contributed by atoms with van der Waals surface area (Å²) in [4.78, 5) is 11.1. The molecule has 0 fully saturated rings. The van der Waals surface area contributed by atoms with Gasteiger partial charge in [-0.25, -0.2) is 4.79 Å². The van der Waals surface area contributed by atoms with Crippen LogP contribution in [0.15, 0.2) is 23.8 Å². The van der Waals surface area contributed by atoms with E-state index < -0.39 is 31.9 Å². The lowest BCUT2D eigenvalue weighted by Gasteiger charge is -2.30. The molecule has 0 bridgehead atoms. The third-order valence-corrected chi connectivity index (χ3v) is 5.30. The minimum atomic E-state index is -4.77. The second kappa shape index (κ2) is 4.90. The number of hydrogen-bond acceptors (Lipinski definition) is 2. The van der Waals surface area contributed by atoms with Crippen LogP contribution in [0.1, 0.15) is 5.56 Å². The minimum absolute atomic E-state index is 0.0854. The molecular weight excluding hydrogens is 301 g/mol. The Hall–Kier alpha value is -1.76. The molecule has 1 aromatic carbocycles. The lowest BCUT2D eigenvalue weighted by molar-refractivity contribution is -0.187. The molecule has 1 aromatic rings. The first-order valence-electron chi connectivity index (χ1n) is 6.33. The smallest absolute Gasteiger partial charge is 0.430 e. The van der Waals surface area contributed by atoms with E-state index in [4.69, 9.17) is 9.84 Å². The van der Waals surface area contributed by atoms with Crippen molar-refractivity contribution in [3.8, 4) is 5.75 Å². The second-order valence-electron chi connectivity index (χ2n) is 5.91. The van der Waals surface area contributed by atoms with Gasteiger partial charge in [-0.2, -0.15) is 13.2 Å². The van der Waals surface area contributed by atoms with Crippen molar-refractivity contribution in [3.63, 3.8) is 0 Å². The number of rotatable bonds is 2. The van der Waals surface area contributed by atoms with Gasteiger partial charge in [0.05, 0.1) is 13.6 Å². The summed E-state index contributed by atoms with van der Waals surface area (Å²) >= 11 is 0. The Balaban J connectivity index is 2.65. The highest BCUT2D eigenvalue weighted by molar-refractivity contribution is 6.89. The summed E-state index contributed by atoms with van der Waals surface area (Å²) in [5, 5.41) is 9.93. The van der Waals surface area contributed by atoms with E-state index in [1.165, 1.54) is 6.07 Å². The monoisotopic (exact) mass is 316 g/mol. The van der Waals surface area contributed by atoms with Crippen molar-refractivity contribution < 1.29 is 27.8 Å². The van der Waals surface area contributed by atoms with Crippen LogP contribution in [0.2, 0.25) is 19.6 Å². The highest BCUT2D eigenvalue weighted by Crippen LogP contribution is 2.37. The standard InChI is InChI=1S/C14H15F3O3Si/c1-21(2,3)11-6-4-5-10-8(11)7-9(13(18)19)12(20-10)14(15,16)17/h4-7,12H,1-3H3,(H,18,19). The van der Waals surface area contributed by atoms with Crippen molar-refractivity contribution in [3.05, 3.63) is 29.3 Å². The molecule has 0 amide bonds. The van der Waals surface area contributed by atoms with Crippen molar-refractivity contribution in [2.75, 3.05) is 0 Å². The fourth-order valence-electron chi connectivity index (χ4n) is 2.29. The Morgan fingerprint density at radius 1 is 1.29 bits per heavy atom. The van der Waals surface area contributed by atoms with Gasteiger partial charge in [0, 0.05) is 5.56 Å². The first kappa shape index (κ1) is 15.6. The Morgan fingerprint density at radius 2 is 1.90 bits per heavy atom. The maximum Gasteiger partial charge on any atom is 0.430 e. The van der Waals surface area contributed by atoms with Crippen LogP contribution in [0.25, 0.3) is 6.08 Å². The van der Waals surface area contributed by atoms with Gasteiger partial charge in [-0.15, -0.1) is 0 Å². The zero-order valence-corrected chi connectivity index (χ0v) is 12.8. The summed E-state index contributed by atoms with van der Waals surface area (Å²) in [5.74, 6) is -1.53. The largest absolute Gasteiger partial charge is 0.478 e. The second-order valence-corrected chi connectivity index (χ2v) is 11.0. The van der Waals surface area contributed by atoms with Crippen LogP contribution in [0.5, 0.6) is 5.75 Å². The van der Waals surface area contributed by atoms with Crippen molar-refractivity contribution in [1.82, 2.24) is 0 Å². The summed E-state index contributed by atoms with van der Waals surface area (Å²) in [6.07, 6.45) is -6.09. The number of hydrogen-bond donors (Lipinski definition) is 1. The number of carboxylic acids is 1. The lowest BCUT2D eigenvalue weighted by Crippen LogP contribution is -2.44. The molecule has 7 heteroatoms. The van der Waals surface area contributed by atoms with Gasteiger partial charge in [-0.1, -0.05) is 31.8 Å². The van der Waals surface area contributed by atoms with Crippen LogP contribution >= 0.6 is 0 Å². The lowest BCUT2D eigenvalue weighted by atomic mass is 10.0. The molecule has 0 spiro atoms. The predicted octanol–water partition coefficient (Wildman–Crippen LogP) is 3.02. The van der Waals surface area contributed by atoms with Crippen LogP contribution < -0.4 is 9.92 Å². The Kier molecular flexibility index (Phi) is 3.65. The van der Waals surface area contributed by atoms with E-state index in [2.05, 4.69) is 0 Å². The van der Waals surface area contributed by atoms with E-state index in [-0.39, 0.29) is 5.75 Å². The Bertz CT molecular complexity index is 615. The number of carboxylic acid groups (broad SMARTS) is 1. The zero-order valence-electron chi connectivity index (χ0n) is 11.8. The van der Waals surface area contributed by atoms with Gasteiger partial charge < -0.3 is 9.84 Å². The predicted molar refractivity (Wildman–Crippen MR) is 75.5 cm³/mol. The van der Waals surface area contributed by atoms with Gasteiger partial charge in [-0.3, -0.25) is 0 Å². The molecular formula is C14H15F3O3Si. The highest BCUT2D eigenvalue weighted by atomic mass is 28.3. The molecule has 2 rings (SSSR count). The zero-order chi connectivity index (χ0) is 16.0. The van der Waals surface area contributed by atoms with Crippen molar-refractivity contribution in [2.45, 2.75) is 31.9 Å². The molecule has 1 aliphatic rings. The van der Waals surface area contributed by atoms with Crippen LogP contribution in [0.3, 0.4) is 0 Å². The van der Waals surface area contributed by atoms with Crippen molar-refractivity contribution >= 4 is 25.3 Å². The van der Waals surface area contributed by atoms with E-state index in [1.54, 1.807) is 6.07 Å². The molecule has 0 aromatic heterocycles. The molecule has 1 aliphatic heterocycles. The minimum Gasteiger partial charge on any atom is -0.478 e. The maximum atomic E-state index is 13.0. The molecule has 1 heterocycles. The first-order valence-corrected chi connectivity index (χ1v) is 9.83. The van der Waals surface area contributed by atoms with E-state index in [9.17, 15) is 18.0 Å². The summed E-state index contributed by atoms with van der Waals surface area (Å²) in [7, 11) is -1.84. The first-order chi connectivity index (χ1) is 9.51. The SMILES string of the molecule is C[Si](C)(C)c1cccc2c1C=C(C(=O)O)C(C(F)(F)F)O2. The maximum absolute atomic E-state index is 13.0. The fourth-order valence-corrected chi connectivity index (χ4v) is 3.89. The number of alkyl halides is 3. The molecule has 0 aliphatic carbocycles. The van der Waals surface area contributed by atoms with E-state index >= 15 is 0 Å². The molecule has 3 nitrogen and oxygen atoms in total. The number of carbonyl (C=O) groups is 1. The van der Waals surface area contributed by atoms with Crippen molar-refractivity contribution in [2.24, 2.45) is 0 Å². The number of halogens is 3. The normalized spacial score (nSPS) is 18.6. The van der Waals surface area contributed by atoms with Crippen LogP contribution in [0.4, 0.5) is 13.2 Å². The Morgan fingerprint density at radius 3 is 2.38 bits per heavy atom. The summed E-state index contributed by atoms with van der Waals surface area (Å²) < 4.78 is 43.8. The van der Waals surface area contributed by atoms with E-state index in [1.807, 2.05) is 25.7 Å². The van der Waals surface area contributed by atoms with Gasteiger partial charge in [0.15, 0.2) is 0 Å². The molecule has 1 unspecified atom stereocenters. The summed E-state index contributed by atoms with van der Waals surface area (Å²) in [6, 6.07) is 4.89. The third-order valence-electron chi connectivity index (χ3n) is 3.25. The molecule has 1 atom stereocenters. The van der Waals surface area contributed by atoms with E-state index in [0.717, 1.165) is 11.3 Å². The van der Waals surface area contributed by atoms with Gasteiger partial charge in [0.25, 0.3) is 0 Å². The number of fused-ring (bicyclic) bond motifs is 1. The molecule has 21 heavy (non-hydrogen) atoms. The number of ether oxygens (including phenoxy) is 1. The molecule has 0 saturated heterocycles. The average Bonchev–Trinajstić information content (AvgIpc) is 2.34. The van der Waals surface area contributed by atoms with Crippen LogP contribution in [-0.2, 0) is 4.79 Å². The molecule has 114 valence electrons. The molecule has 1 N–H and O–H groups in total. The third kappa shape index (κ3) is 2.97. The van der Waals surface area contributed by atoms with Gasteiger partial charge in [-0.05, 0) is 17.3 Å². The number of aliphatic carboxylic acids is 1. The number of benzene rings is 1. The average molecular weight is 316 g/mol. The van der Waals surface area contributed by atoms with Gasteiger partial charge in [0.1, 0.15) is 5.75 Å². The van der Waals surface area contributed by atoms with Gasteiger partial charge >= 0.3 is 12.1 Å². The summed E-state index contributed by atoms with van der Waals surface area (Å²) in [5.41, 5.74) is -0.324. The summed E-state index contributed by atoms with van der Waals surface area (Å²) in [6.45, 7) is 6.10. The van der Waals surface area contributed by atoms with Crippen LogP contribution in [-0.4, -0.2) is 31.4 Å². The highest BCUT2D eigenvalue weighted by Gasteiger charge is 2.48. The van der Waals surface area contributed by atoms with E-state index in [0.29, 0.717) is 5.56 Å². The fraction of sp³-hybridized carbons (Fsp3) is 0.357. The quantitative estimate of drug-likeness (QED) is 0.853. The van der Waals surface area contributed by atoms with Crippen LogP contribution in [0, 0.1) is 0 Å². The van der Waals surface area contributed by atoms with Gasteiger partial charge in [0.2, 0.25) is 6.10 Å². The molecule has 0 saturated carbocycles. The topological polar surface area (TPSA) is 46.5 Å². The van der Waals surface area contributed by atoms with Crippen molar-refractivity contribution in [1.29, 1.82) is 0 Å². The Labute approximate surface area is 121 Å². The molecule has 0 radical (unpaired) electrons.